The number of aliphatic carboxylic acids is 2. The third kappa shape index (κ3) is 41.0. The van der Waals surface area contributed by atoms with Gasteiger partial charge in [0.05, 0.1) is 12.1 Å². The molecule has 0 spiro atoms. The topological polar surface area (TPSA) is 258 Å². The van der Waals surface area contributed by atoms with E-state index in [1.807, 2.05) is 13.8 Å². The highest BCUT2D eigenvalue weighted by Gasteiger charge is 2.28. The lowest BCUT2D eigenvalue weighted by Crippen LogP contribution is -2.58. The monoisotopic (exact) mass is 908 g/mol. The van der Waals surface area contributed by atoms with Crippen LogP contribution in [0.4, 0.5) is 0 Å². The van der Waals surface area contributed by atoms with Gasteiger partial charge in [-0.2, -0.15) is 0 Å². The molecule has 4 atom stereocenters. The lowest BCUT2D eigenvalue weighted by Gasteiger charge is -2.31. The SMILES string of the molecule is CC.CN.CNC(CCC(=O)NCCCCCC(=O)NCCCCC1NC(CCC(NS)C(=O)S)CNC1=O)C(=O)O.O=CCCCCCCCCCCCCCCC(=O)O. The summed E-state index contributed by atoms with van der Waals surface area (Å²) in [5.41, 5.74) is 4.50. The van der Waals surface area contributed by atoms with Crippen LogP contribution in [0.1, 0.15) is 174 Å². The van der Waals surface area contributed by atoms with E-state index in [1.54, 1.807) is 7.05 Å². The number of aldehydes is 1. The number of nitrogens with two attached hydrogens (primary N) is 1. The summed E-state index contributed by atoms with van der Waals surface area (Å²) in [5, 5.41) is 31.8. The minimum absolute atomic E-state index is 0.0134. The molecule has 0 saturated carbocycles. The number of carboxylic acids is 2. The van der Waals surface area contributed by atoms with Crippen LogP contribution in [-0.2, 0) is 33.6 Å². The van der Waals surface area contributed by atoms with Crippen LogP contribution < -0.4 is 37.0 Å². The van der Waals surface area contributed by atoms with Gasteiger partial charge in [-0.3, -0.25) is 33.5 Å². The van der Waals surface area contributed by atoms with Crippen molar-refractivity contribution in [2.45, 2.75) is 199 Å². The third-order valence-electron chi connectivity index (χ3n) is 9.95. The predicted octanol–water partition coefficient (Wildman–Crippen LogP) is 5.23. The van der Waals surface area contributed by atoms with Gasteiger partial charge in [-0.25, -0.2) is 0 Å². The number of hydrogen-bond acceptors (Lipinski definition) is 12. The molecule has 0 aromatic rings. The van der Waals surface area contributed by atoms with Crippen LogP contribution in [0.3, 0.4) is 0 Å². The standard InChI is InChI=1S/C24H44N6O6S2.C16H30O3.C2H6.CH5N/c1-25-18(23(34)35)11-12-21(32)27-13-5-2-3-8-20(31)26-14-6-4-7-17-22(33)28-15-16(29-17)9-10-19(30-38)24(36)37;17-15-13-11-9-7-5-3-1-2-4-6-8-10-12-14-16(18)19;2*1-2/h16-19,25,29-30,38H,2-15H2,1H3,(H,26,31)(H,27,32)(H,28,33)(H,34,35)(H,36,37);15H,1-14H2,(H,18,19);1-2H3;2H2,1H3. The average molecular weight is 908 g/mol. The van der Waals surface area contributed by atoms with Crippen molar-refractivity contribution in [3.63, 3.8) is 0 Å². The van der Waals surface area contributed by atoms with Gasteiger partial charge in [0.1, 0.15) is 12.3 Å². The molecule has 0 aliphatic carbocycles. The highest BCUT2D eigenvalue weighted by molar-refractivity contribution is 7.96. The second-order valence-electron chi connectivity index (χ2n) is 14.8. The number of carbonyl (C=O) groups is 7. The van der Waals surface area contributed by atoms with Gasteiger partial charge in [-0.05, 0) is 78.3 Å². The molecule has 3 amide bonds. The van der Waals surface area contributed by atoms with Crippen LogP contribution in [0.5, 0.6) is 0 Å². The van der Waals surface area contributed by atoms with Crippen molar-refractivity contribution >= 4 is 66.5 Å². The van der Waals surface area contributed by atoms with Crippen molar-refractivity contribution in [3.05, 3.63) is 0 Å². The molecule has 1 heterocycles. The Morgan fingerprint density at radius 1 is 0.721 bits per heavy atom. The number of piperazine rings is 1. The molecule has 0 aromatic heterocycles. The van der Waals surface area contributed by atoms with E-state index in [1.165, 1.54) is 64.8 Å². The summed E-state index contributed by atoms with van der Waals surface area (Å²) in [6, 6.07) is -1.38. The van der Waals surface area contributed by atoms with E-state index in [2.05, 4.69) is 62.5 Å². The Kier molecular flexibility index (Phi) is 47.9. The van der Waals surface area contributed by atoms with E-state index < -0.39 is 24.0 Å². The Bertz CT molecular complexity index is 1140. The minimum atomic E-state index is -0.974. The van der Waals surface area contributed by atoms with E-state index in [9.17, 15) is 33.6 Å². The molecule has 358 valence electrons. The average Bonchev–Trinajstić information content (AvgIpc) is 3.24. The number of amides is 3. The van der Waals surface area contributed by atoms with Crippen LogP contribution in [0.2, 0.25) is 0 Å². The zero-order chi connectivity index (χ0) is 46.5. The summed E-state index contributed by atoms with van der Waals surface area (Å²) >= 11 is 7.80. The van der Waals surface area contributed by atoms with Crippen LogP contribution in [-0.4, -0.2) is 109 Å². The Morgan fingerprint density at radius 2 is 1.21 bits per heavy atom. The molecule has 0 bridgehead atoms. The fourth-order valence-electron chi connectivity index (χ4n) is 6.41. The molecule has 16 nitrogen and oxygen atoms in total. The molecule has 0 aromatic carbocycles. The third-order valence-corrected chi connectivity index (χ3v) is 10.6. The first kappa shape index (κ1) is 62.5. The number of thiol groups is 2. The van der Waals surface area contributed by atoms with Crippen LogP contribution in [0.15, 0.2) is 0 Å². The van der Waals surface area contributed by atoms with Gasteiger partial charge in [0.2, 0.25) is 22.8 Å². The molecule has 18 heteroatoms. The zero-order valence-electron chi connectivity index (χ0n) is 37.9. The van der Waals surface area contributed by atoms with E-state index >= 15 is 0 Å². The molecule has 1 saturated heterocycles. The van der Waals surface area contributed by atoms with Gasteiger partial charge >= 0.3 is 11.9 Å². The predicted molar refractivity (Wildman–Crippen MR) is 251 cm³/mol. The van der Waals surface area contributed by atoms with Gasteiger partial charge in [-0.1, -0.05) is 97.3 Å². The molecule has 4 unspecified atom stereocenters. The largest absolute Gasteiger partial charge is 0.481 e. The van der Waals surface area contributed by atoms with Crippen molar-refractivity contribution in [1.82, 2.24) is 31.3 Å². The maximum Gasteiger partial charge on any atom is 0.320 e. The fourth-order valence-corrected chi connectivity index (χ4v) is 6.95. The molecule has 1 rings (SSSR count). The summed E-state index contributed by atoms with van der Waals surface area (Å²) in [7, 11) is 3.05. The first-order valence-electron chi connectivity index (χ1n) is 22.8. The lowest BCUT2D eigenvalue weighted by atomic mass is 10.0. The van der Waals surface area contributed by atoms with Crippen molar-refractivity contribution in [2.75, 3.05) is 33.7 Å². The zero-order valence-corrected chi connectivity index (χ0v) is 39.7. The molecule has 10 N–H and O–H groups in total. The first-order chi connectivity index (χ1) is 29.4. The van der Waals surface area contributed by atoms with E-state index in [0.29, 0.717) is 51.7 Å². The second kappa shape index (κ2) is 46.7. The van der Waals surface area contributed by atoms with Crippen LogP contribution >= 0.6 is 25.4 Å². The summed E-state index contributed by atoms with van der Waals surface area (Å²) in [6.07, 6.45) is 23.0. The molecule has 1 aliphatic heterocycles. The number of carboxylic acid groups (broad SMARTS) is 2. The van der Waals surface area contributed by atoms with Crippen LogP contribution in [0.25, 0.3) is 0 Å². The van der Waals surface area contributed by atoms with Gasteiger partial charge in [-0.15, -0.1) is 12.6 Å². The highest BCUT2D eigenvalue weighted by Crippen LogP contribution is 2.14. The van der Waals surface area contributed by atoms with Gasteiger partial charge in [0.25, 0.3) is 0 Å². The van der Waals surface area contributed by atoms with Gasteiger partial charge in [0.15, 0.2) is 0 Å². The Hall–Kier alpha value is -2.77. The number of unbranched alkanes of at least 4 members (excludes halogenated alkanes) is 15. The van der Waals surface area contributed by atoms with Crippen molar-refractivity contribution in [2.24, 2.45) is 5.73 Å². The molecule has 1 fully saturated rings. The van der Waals surface area contributed by atoms with Gasteiger partial charge in [0, 0.05) is 51.4 Å². The summed E-state index contributed by atoms with van der Waals surface area (Å²) < 4.78 is 2.64. The van der Waals surface area contributed by atoms with Crippen molar-refractivity contribution in [1.29, 1.82) is 0 Å². The number of carbonyl (C=O) groups excluding carboxylic acids is 5. The van der Waals surface area contributed by atoms with E-state index in [-0.39, 0.29) is 47.8 Å². The molecule has 0 radical (unpaired) electrons. The Labute approximate surface area is 378 Å². The Morgan fingerprint density at radius 3 is 1.70 bits per heavy atom. The smallest absolute Gasteiger partial charge is 0.320 e. The quantitative estimate of drug-likeness (QED) is 0.0219. The second-order valence-corrected chi connectivity index (χ2v) is 15.5. The van der Waals surface area contributed by atoms with E-state index in [0.717, 1.165) is 64.1 Å². The summed E-state index contributed by atoms with van der Waals surface area (Å²) in [4.78, 5) is 78.7. The number of rotatable bonds is 36. The van der Waals surface area contributed by atoms with E-state index in [4.69, 9.17) is 10.2 Å². The minimum Gasteiger partial charge on any atom is -0.481 e. The summed E-state index contributed by atoms with van der Waals surface area (Å²) in [5.74, 6) is -1.87. The highest BCUT2D eigenvalue weighted by atomic mass is 32.1. The number of likely N-dealkylation sites (N-methyl/N-ethyl adjacent to an activating group) is 1. The van der Waals surface area contributed by atoms with Crippen molar-refractivity contribution < 1.29 is 43.8 Å². The molecular formula is C43H85N7O9S2. The maximum absolute atomic E-state index is 12.2. The normalized spacial score (nSPS) is 15.2. The first-order valence-corrected chi connectivity index (χ1v) is 23.7. The maximum atomic E-state index is 12.2. The van der Waals surface area contributed by atoms with Crippen molar-refractivity contribution in [3.8, 4) is 0 Å². The molecule has 1 aliphatic rings. The van der Waals surface area contributed by atoms with Crippen LogP contribution in [0, 0.1) is 0 Å². The lowest BCUT2D eigenvalue weighted by molar-refractivity contribution is -0.140. The Balaban J connectivity index is -0.00000123. The number of nitrogens with one attached hydrogen (secondary N) is 6. The number of hydrogen-bond donors (Lipinski definition) is 11. The molecular weight excluding hydrogens is 823 g/mol. The summed E-state index contributed by atoms with van der Waals surface area (Å²) in [6.45, 7) is 5.57. The molecule has 61 heavy (non-hydrogen) atoms. The fraction of sp³-hybridized carbons (Fsp3) is 0.837. The van der Waals surface area contributed by atoms with Gasteiger partial charge < -0.3 is 47.3 Å².